The largest absolute Gasteiger partial charge is 0.495 e. The minimum absolute atomic E-state index is 0.126. The number of nitrogens with one attached hydrogen (secondary N) is 2. The molecule has 3 aromatic rings. The average molecular weight is 348 g/mol. The van der Waals surface area contributed by atoms with Crippen molar-refractivity contribution in [3.63, 3.8) is 0 Å². The third kappa shape index (κ3) is 3.83. The van der Waals surface area contributed by atoms with Gasteiger partial charge in [-0.1, -0.05) is 42.5 Å². The quantitative estimate of drug-likeness (QED) is 0.741. The van der Waals surface area contributed by atoms with E-state index in [1.54, 1.807) is 19.2 Å². The van der Waals surface area contributed by atoms with Gasteiger partial charge in [0.15, 0.2) is 0 Å². The monoisotopic (exact) mass is 348 g/mol. The van der Waals surface area contributed by atoms with Gasteiger partial charge in [-0.2, -0.15) is 0 Å². The Morgan fingerprint density at radius 2 is 1.77 bits per heavy atom. The van der Waals surface area contributed by atoms with Crippen LogP contribution >= 0.6 is 0 Å². The highest BCUT2D eigenvalue weighted by Crippen LogP contribution is 2.25. The molecule has 0 radical (unpaired) electrons. The second-order valence-corrected chi connectivity index (χ2v) is 5.96. The normalized spacial score (nSPS) is 10.4. The van der Waals surface area contributed by atoms with Gasteiger partial charge in [-0.05, 0) is 41.5 Å². The summed E-state index contributed by atoms with van der Waals surface area (Å²) >= 11 is 0. The Kier molecular flexibility index (Phi) is 5.17. The summed E-state index contributed by atoms with van der Waals surface area (Å²) in [4.78, 5) is 24.7. The molecule has 0 spiro atoms. The molecule has 0 bridgehead atoms. The highest BCUT2D eigenvalue weighted by Gasteiger charge is 2.12. The molecule has 3 aromatic carbocycles. The van der Waals surface area contributed by atoms with E-state index >= 15 is 0 Å². The lowest BCUT2D eigenvalue weighted by molar-refractivity contribution is -0.115. The number of carbonyl (C=O) groups is 2. The Morgan fingerprint density at radius 3 is 2.58 bits per heavy atom. The molecule has 0 aromatic heterocycles. The summed E-state index contributed by atoms with van der Waals surface area (Å²) in [5, 5.41) is 7.27. The predicted molar refractivity (Wildman–Crippen MR) is 103 cm³/mol. The van der Waals surface area contributed by atoms with Crippen molar-refractivity contribution in [1.82, 2.24) is 5.32 Å². The van der Waals surface area contributed by atoms with Crippen LogP contribution in [0.15, 0.2) is 60.7 Å². The van der Waals surface area contributed by atoms with Crippen LogP contribution in [0, 0.1) is 6.92 Å². The van der Waals surface area contributed by atoms with Gasteiger partial charge < -0.3 is 15.4 Å². The number of hydrogen-bond donors (Lipinski definition) is 2. The van der Waals surface area contributed by atoms with Gasteiger partial charge in [0.25, 0.3) is 5.91 Å². The van der Waals surface area contributed by atoms with Crippen molar-refractivity contribution in [3.8, 4) is 5.75 Å². The zero-order valence-corrected chi connectivity index (χ0v) is 14.7. The van der Waals surface area contributed by atoms with E-state index in [2.05, 4.69) is 10.6 Å². The predicted octanol–water partition coefficient (Wildman–Crippen LogP) is 3.53. The van der Waals surface area contributed by atoms with E-state index in [9.17, 15) is 9.59 Å². The van der Waals surface area contributed by atoms with Crippen LogP contribution in [-0.4, -0.2) is 25.5 Å². The maximum atomic E-state index is 12.5. The number of carbonyl (C=O) groups excluding carboxylic acids is 2. The third-order valence-electron chi connectivity index (χ3n) is 4.07. The number of fused-ring (bicyclic) bond motifs is 1. The fourth-order valence-corrected chi connectivity index (χ4v) is 2.79. The van der Waals surface area contributed by atoms with E-state index in [1.807, 2.05) is 55.5 Å². The van der Waals surface area contributed by atoms with E-state index in [4.69, 9.17) is 4.74 Å². The van der Waals surface area contributed by atoms with Crippen molar-refractivity contribution in [2.24, 2.45) is 0 Å². The van der Waals surface area contributed by atoms with E-state index in [0.717, 1.165) is 16.3 Å². The molecule has 3 rings (SSSR count). The van der Waals surface area contributed by atoms with Gasteiger partial charge in [0, 0.05) is 5.56 Å². The van der Waals surface area contributed by atoms with E-state index in [-0.39, 0.29) is 18.4 Å². The second kappa shape index (κ2) is 7.70. The molecule has 0 atom stereocenters. The number of hydrogen-bond acceptors (Lipinski definition) is 3. The number of ether oxygens (including phenoxy) is 1. The molecule has 0 aliphatic rings. The lowest BCUT2D eigenvalue weighted by atomic mass is 10.0. The fraction of sp³-hybridized carbons (Fsp3) is 0.143. The minimum atomic E-state index is -0.317. The van der Waals surface area contributed by atoms with Gasteiger partial charge in [-0.3, -0.25) is 9.59 Å². The van der Waals surface area contributed by atoms with Crippen molar-refractivity contribution < 1.29 is 14.3 Å². The summed E-state index contributed by atoms with van der Waals surface area (Å²) < 4.78 is 5.24. The topological polar surface area (TPSA) is 67.4 Å². The van der Waals surface area contributed by atoms with Crippen LogP contribution in [0.4, 0.5) is 5.69 Å². The van der Waals surface area contributed by atoms with Crippen LogP contribution in [0.3, 0.4) is 0 Å². The zero-order valence-electron chi connectivity index (χ0n) is 14.7. The van der Waals surface area contributed by atoms with Gasteiger partial charge in [0.05, 0.1) is 19.3 Å². The van der Waals surface area contributed by atoms with E-state index in [1.165, 1.54) is 0 Å². The zero-order chi connectivity index (χ0) is 18.5. The van der Waals surface area contributed by atoms with Gasteiger partial charge in [-0.15, -0.1) is 0 Å². The molecule has 0 unspecified atom stereocenters. The maximum Gasteiger partial charge on any atom is 0.252 e. The van der Waals surface area contributed by atoms with Gasteiger partial charge in [0.2, 0.25) is 5.91 Å². The van der Waals surface area contributed by atoms with Crippen LogP contribution in [0.5, 0.6) is 5.75 Å². The number of benzene rings is 3. The molecule has 0 aliphatic heterocycles. The molecule has 0 saturated carbocycles. The summed E-state index contributed by atoms with van der Waals surface area (Å²) in [5.74, 6) is -0.0278. The van der Waals surface area contributed by atoms with Gasteiger partial charge in [0.1, 0.15) is 5.75 Å². The molecular weight excluding hydrogens is 328 g/mol. The molecule has 2 N–H and O–H groups in total. The first-order chi connectivity index (χ1) is 12.6. The van der Waals surface area contributed by atoms with Gasteiger partial charge >= 0.3 is 0 Å². The summed E-state index contributed by atoms with van der Waals surface area (Å²) in [7, 11) is 1.54. The van der Waals surface area contributed by atoms with Crippen LogP contribution < -0.4 is 15.4 Å². The number of methoxy groups -OCH3 is 1. The van der Waals surface area contributed by atoms with Crippen LogP contribution in [-0.2, 0) is 4.79 Å². The molecular formula is C21H20N2O3. The van der Waals surface area contributed by atoms with Crippen LogP contribution in [0.2, 0.25) is 0 Å². The molecule has 0 saturated heterocycles. The van der Waals surface area contributed by atoms with Crippen molar-refractivity contribution >= 4 is 28.3 Å². The van der Waals surface area contributed by atoms with Crippen molar-refractivity contribution in [2.45, 2.75) is 6.92 Å². The van der Waals surface area contributed by atoms with E-state index in [0.29, 0.717) is 17.0 Å². The van der Waals surface area contributed by atoms with Crippen LogP contribution in [0.1, 0.15) is 15.9 Å². The Balaban J connectivity index is 1.68. The fourth-order valence-electron chi connectivity index (χ4n) is 2.79. The maximum absolute atomic E-state index is 12.5. The Morgan fingerprint density at radius 1 is 1.00 bits per heavy atom. The standard InChI is InChI=1S/C21H20N2O3/c1-14-10-11-19(26-2)18(12-14)23-20(24)13-22-21(25)17-9-5-7-15-6-3-4-8-16(15)17/h3-12H,13H2,1-2H3,(H,22,25)(H,23,24). The highest BCUT2D eigenvalue weighted by atomic mass is 16.5. The third-order valence-corrected chi connectivity index (χ3v) is 4.07. The highest BCUT2D eigenvalue weighted by molar-refractivity contribution is 6.08. The molecule has 5 nitrogen and oxygen atoms in total. The first kappa shape index (κ1) is 17.5. The molecule has 26 heavy (non-hydrogen) atoms. The Bertz CT molecular complexity index is 961. The van der Waals surface area contributed by atoms with Crippen molar-refractivity contribution in [2.75, 3.05) is 19.0 Å². The molecule has 0 fully saturated rings. The average Bonchev–Trinajstić information content (AvgIpc) is 2.66. The number of amides is 2. The summed E-state index contributed by atoms with van der Waals surface area (Å²) in [6, 6.07) is 18.7. The number of aryl methyl sites for hydroxylation is 1. The smallest absolute Gasteiger partial charge is 0.252 e. The first-order valence-corrected chi connectivity index (χ1v) is 8.29. The molecule has 0 heterocycles. The van der Waals surface area contributed by atoms with E-state index < -0.39 is 0 Å². The lowest BCUT2D eigenvalue weighted by Gasteiger charge is -2.12. The molecule has 0 aliphatic carbocycles. The summed E-state index contributed by atoms with van der Waals surface area (Å²) in [5.41, 5.74) is 2.13. The van der Waals surface area contributed by atoms with Crippen LogP contribution in [0.25, 0.3) is 10.8 Å². The lowest BCUT2D eigenvalue weighted by Crippen LogP contribution is -2.33. The Hall–Kier alpha value is -3.34. The van der Waals surface area contributed by atoms with Crippen molar-refractivity contribution in [1.29, 1.82) is 0 Å². The van der Waals surface area contributed by atoms with Gasteiger partial charge in [-0.25, -0.2) is 0 Å². The SMILES string of the molecule is COc1ccc(C)cc1NC(=O)CNC(=O)c1cccc2ccccc12. The second-order valence-electron chi connectivity index (χ2n) is 5.96. The molecule has 5 heteroatoms. The molecule has 132 valence electrons. The minimum Gasteiger partial charge on any atom is -0.495 e. The van der Waals surface area contributed by atoms with Crippen molar-refractivity contribution in [3.05, 3.63) is 71.8 Å². The Labute approximate surface area is 152 Å². The number of anilines is 1. The number of rotatable bonds is 5. The summed E-state index contributed by atoms with van der Waals surface area (Å²) in [6.45, 7) is 1.80. The molecule has 2 amide bonds. The summed E-state index contributed by atoms with van der Waals surface area (Å²) in [6.07, 6.45) is 0. The first-order valence-electron chi connectivity index (χ1n) is 8.29.